The van der Waals surface area contributed by atoms with Gasteiger partial charge in [0.15, 0.2) is 0 Å². The Morgan fingerprint density at radius 3 is 2.69 bits per heavy atom. The molecule has 1 aromatic rings. The molecule has 0 saturated carbocycles. The van der Waals surface area contributed by atoms with Crippen LogP contribution in [0.3, 0.4) is 0 Å². The molecule has 0 radical (unpaired) electrons. The highest BCUT2D eigenvalue weighted by atomic mass is 19.1. The second kappa shape index (κ2) is 5.41. The summed E-state index contributed by atoms with van der Waals surface area (Å²) in [6.07, 6.45) is 0.764. The highest BCUT2D eigenvalue weighted by Crippen LogP contribution is 2.13. The SMILES string of the molecule is CCc1ccc(CN2CCNCC2)cc1F. The fourth-order valence-electron chi connectivity index (χ4n) is 2.10. The molecule has 0 spiro atoms. The molecule has 1 aliphatic rings. The molecule has 1 N–H and O–H groups in total. The first kappa shape index (κ1) is 11.6. The summed E-state index contributed by atoms with van der Waals surface area (Å²) in [6.45, 7) is 7.02. The van der Waals surface area contributed by atoms with Crippen LogP contribution in [0.25, 0.3) is 0 Å². The van der Waals surface area contributed by atoms with Crippen LogP contribution in [-0.4, -0.2) is 31.1 Å². The van der Waals surface area contributed by atoms with E-state index in [-0.39, 0.29) is 5.82 Å². The summed E-state index contributed by atoms with van der Waals surface area (Å²) in [5.41, 5.74) is 1.89. The molecule has 16 heavy (non-hydrogen) atoms. The van der Waals surface area contributed by atoms with Gasteiger partial charge in [-0.25, -0.2) is 4.39 Å². The average molecular weight is 222 g/mol. The molecule has 0 aromatic heterocycles. The number of hydrogen-bond acceptors (Lipinski definition) is 2. The van der Waals surface area contributed by atoms with Crippen molar-refractivity contribution in [2.24, 2.45) is 0 Å². The zero-order chi connectivity index (χ0) is 11.4. The van der Waals surface area contributed by atoms with E-state index in [9.17, 15) is 4.39 Å². The summed E-state index contributed by atoms with van der Waals surface area (Å²) in [6, 6.07) is 5.64. The number of nitrogens with one attached hydrogen (secondary N) is 1. The highest BCUT2D eigenvalue weighted by molar-refractivity contribution is 5.24. The maximum atomic E-state index is 13.6. The Hall–Kier alpha value is -0.930. The van der Waals surface area contributed by atoms with Crippen LogP contribution in [-0.2, 0) is 13.0 Å². The Bertz CT molecular complexity index is 346. The van der Waals surface area contributed by atoms with Crippen molar-refractivity contribution in [3.8, 4) is 0 Å². The van der Waals surface area contributed by atoms with Gasteiger partial charge in [0, 0.05) is 32.7 Å². The molecule has 1 heterocycles. The minimum atomic E-state index is -0.0601. The first-order valence-electron chi connectivity index (χ1n) is 6.00. The fraction of sp³-hybridized carbons (Fsp3) is 0.538. The minimum Gasteiger partial charge on any atom is -0.314 e. The van der Waals surface area contributed by atoms with Gasteiger partial charge in [0.25, 0.3) is 0 Å². The van der Waals surface area contributed by atoms with Crippen molar-refractivity contribution in [2.75, 3.05) is 26.2 Å². The van der Waals surface area contributed by atoms with Crippen molar-refractivity contribution < 1.29 is 4.39 Å². The maximum absolute atomic E-state index is 13.6. The molecule has 0 unspecified atom stereocenters. The Morgan fingerprint density at radius 2 is 2.06 bits per heavy atom. The lowest BCUT2D eigenvalue weighted by atomic mass is 10.1. The van der Waals surface area contributed by atoms with E-state index in [0.29, 0.717) is 0 Å². The fourth-order valence-corrected chi connectivity index (χ4v) is 2.10. The van der Waals surface area contributed by atoms with Crippen molar-refractivity contribution in [1.29, 1.82) is 0 Å². The summed E-state index contributed by atoms with van der Waals surface area (Å²) >= 11 is 0. The van der Waals surface area contributed by atoms with Gasteiger partial charge < -0.3 is 5.32 Å². The van der Waals surface area contributed by atoms with E-state index in [2.05, 4.69) is 10.2 Å². The van der Waals surface area contributed by atoms with Crippen molar-refractivity contribution in [2.45, 2.75) is 19.9 Å². The lowest BCUT2D eigenvalue weighted by Crippen LogP contribution is -2.42. The first-order chi connectivity index (χ1) is 7.79. The number of halogens is 1. The Morgan fingerprint density at radius 1 is 1.31 bits per heavy atom. The first-order valence-corrected chi connectivity index (χ1v) is 6.00. The minimum absolute atomic E-state index is 0.0601. The molecule has 2 rings (SSSR count). The number of rotatable bonds is 3. The second-order valence-electron chi connectivity index (χ2n) is 4.31. The smallest absolute Gasteiger partial charge is 0.126 e. The third-order valence-corrected chi connectivity index (χ3v) is 3.11. The summed E-state index contributed by atoms with van der Waals surface area (Å²) in [7, 11) is 0. The molecular formula is C13H19FN2. The molecule has 2 nitrogen and oxygen atoms in total. The predicted octanol–water partition coefficient (Wildman–Crippen LogP) is 1.79. The van der Waals surface area contributed by atoms with Gasteiger partial charge in [-0.1, -0.05) is 19.1 Å². The molecular weight excluding hydrogens is 203 g/mol. The third kappa shape index (κ3) is 2.80. The molecule has 1 fully saturated rings. The van der Waals surface area contributed by atoms with Crippen LogP contribution in [0, 0.1) is 5.82 Å². The largest absolute Gasteiger partial charge is 0.314 e. The number of benzene rings is 1. The van der Waals surface area contributed by atoms with E-state index in [1.165, 1.54) is 0 Å². The normalized spacial score (nSPS) is 17.6. The highest BCUT2D eigenvalue weighted by Gasteiger charge is 2.10. The topological polar surface area (TPSA) is 15.3 Å². The van der Waals surface area contributed by atoms with Crippen LogP contribution in [0.2, 0.25) is 0 Å². The van der Waals surface area contributed by atoms with E-state index in [0.717, 1.165) is 50.3 Å². The summed E-state index contributed by atoms with van der Waals surface area (Å²) in [5, 5.41) is 3.31. The van der Waals surface area contributed by atoms with Gasteiger partial charge in [0.2, 0.25) is 0 Å². The molecule has 0 bridgehead atoms. The quantitative estimate of drug-likeness (QED) is 0.839. The molecule has 0 aliphatic carbocycles. The summed E-state index contributed by atoms with van der Waals surface area (Å²) in [5.74, 6) is -0.0601. The molecule has 3 heteroatoms. The van der Waals surface area contributed by atoms with Gasteiger partial charge in [0.1, 0.15) is 5.82 Å². The Labute approximate surface area is 96.5 Å². The van der Waals surface area contributed by atoms with E-state index >= 15 is 0 Å². The molecule has 0 amide bonds. The van der Waals surface area contributed by atoms with Gasteiger partial charge in [-0.2, -0.15) is 0 Å². The third-order valence-electron chi connectivity index (χ3n) is 3.11. The number of aryl methyl sites for hydroxylation is 1. The van der Waals surface area contributed by atoms with Crippen molar-refractivity contribution in [3.05, 3.63) is 35.1 Å². The number of hydrogen-bond donors (Lipinski definition) is 1. The second-order valence-corrected chi connectivity index (χ2v) is 4.31. The molecule has 1 saturated heterocycles. The monoisotopic (exact) mass is 222 g/mol. The zero-order valence-corrected chi connectivity index (χ0v) is 9.80. The van der Waals surface area contributed by atoms with Gasteiger partial charge >= 0.3 is 0 Å². The van der Waals surface area contributed by atoms with Crippen molar-refractivity contribution in [1.82, 2.24) is 10.2 Å². The van der Waals surface area contributed by atoms with Crippen molar-refractivity contribution >= 4 is 0 Å². The molecule has 1 aromatic carbocycles. The summed E-state index contributed by atoms with van der Waals surface area (Å²) in [4.78, 5) is 2.36. The van der Waals surface area contributed by atoms with Gasteiger partial charge in [0.05, 0.1) is 0 Å². The number of nitrogens with zero attached hydrogens (tertiary/aromatic N) is 1. The van der Waals surface area contributed by atoms with Crippen LogP contribution in [0.5, 0.6) is 0 Å². The molecule has 1 aliphatic heterocycles. The Balaban J connectivity index is 2.01. The van der Waals surface area contributed by atoms with E-state index in [4.69, 9.17) is 0 Å². The maximum Gasteiger partial charge on any atom is 0.126 e. The predicted molar refractivity (Wildman–Crippen MR) is 63.9 cm³/mol. The lowest BCUT2D eigenvalue weighted by molar-refractivity contribution is 0.233. The van der Waals surface area contributed by atoms with Gasteiger partial charge in [-0.15, -0.1) is 0 Å². The standard InChI is InChI=1S/C13H19FN2/c1-2-12-4-3-11(9-13(12)14)10-16-7-5-15-6-8-16/h3-4,9,15H,2,5-8,10H2,1H3. The van der Waals surface area contributed by atoms with E-state index < -0.39 is 0 Å². The van der Waals surface area contributed by atoms with Crippen LogP contribution < -0.4 is 5.32 Å². The van der Waals surface area contributed by atoms with Gasteiger partial charge in [-0.3, -0.25) is 4.90 Å². The molecule has 0 atom stereocenters. The molecule has 88 valence electrons. The van der Waals surface area contributed by atoms with Crippen LogP contribution in [0.1, 0.15) is 18.1 Å². The van der Waals surface area contributed by atoms with Crippen LogP contribution in [0.15, 0.2) is 18.2 Å². The van der Waals surface area contributed by atoms with Gasteiger partial charge in [-0.05, 0) is 23.6 Å². The van der Waals surface area contributed by atoms with E-state index in [1.54, 1.807) is 6.07 Å². The average Bonchev–Trinajstić information content (AvgIpc) is 2.31. The zero-order valence-electron chi connectivity index (χ0n) is 9.80. The Kier molecular flexibility index (Phi) is 3.91. The van der Waals surface area contributed by atoms with Crippen LogP contribution in [0.4, 0.5) is 4.39 Å². The lowest BCUT2D eigenvalue weighted by Gasteiger charge is -2.27. The van der Waals surface area contributed by atoms with Crippen molar-refractivity contribution in [3.63, 3.8) is 0 Å². The summed E-state index contributed by atoms with van der Waals surface area (Å²) < 4.78 is 13.6. The van der Waals surface area contributed by atoms with Crippen LogP contribution >= 0.6 is 0 Å². The van der Waals surface area contributed by atoms with E-state index in [1.807, 2.05) is 19.1 Å². The number of piperazine rings is 1.